The Bertz CT molecular complexity index is 695. The Morgan fingerprint density at radius 3 is 2.57 bits per heavy atom. The van der Waals surface area contributed by atoms with Crippen molar-refractivity contribution in [1.82, 2.24) is 15.4 Å². The largest absolute Gasteiger partial charge is 0.350 e. The molecule has 1 heterocycles. The minimum Gasteiger partial charge on any atom is -0.276 e. The van der Waals surface area contributed by atoms with E-state index in [9.17, 15) is 14.9 Å². The molecule has 1 aromatic heterocycles. The van der Waals surface area contributed by atoms with E-state index < -0.39 is 16.5 Å². The molecule has 8 nitrogen and oxygen atoms in total. The first kappa shape index (κ1) is 15.1. The van der Waals surface area contributed by atoms with Crippen molar-refractivity contribution in [3.05, 3.63) is 55.9 Å². The zero-order chi connectivity index (χ0) is 15.4. The van der Waals surface area contributed by atoms with Gasteiger partial charge in [0, 0.05) is 10.0 Å². The number of nitrogens with zero attached hydrogens (tertiary/aromatic N) is 3. The number of nitro groups is 1. The molecule has 1 amide bonds. The number of carbonyl (C=O) groups is 1. The molecule has 2 rings (SSSR count). The summed E-state index contributed by atoms with van der Waals surface area (Å²) in [7, 11) is 0. The molecule has 0 atom stereocenters. The SMILES string of the molecule is O=C(NNc1ncnc(Cl)c1[N+](=O)[O-])c1ccc(Br)cc1. The first-order chi connectivity index (χ1) is 9.99. The Kier molecular flexibility index (Phi) is 4.66. The highest BCUT2D eigenvalue weighted by molar-refractivity contribution is 9.10. The molecule has 0 aliphatic heterocycles. The van der Waals surface area contributed by atoms with E-state index in [1.165, 1.54) is 0 Å². The molecule has 108 valence electrons. The summed E-state index contributed by atoms with van der Waals surface area (Å²) in [5.41, 5.74) is 4.51. The predicted octanol–water partition coefficient (Wildman–Crippen LogP) is 2.56. The monoisotopic (exact) mass is 371 g/mol. The lowest BCUT2D eigenvalue weighted by Crippen LogP contribution is -2.30. The maximum Gasteiger partial charge on any atom is 0.350 e. The van der Waals surface area contributed by atoms with Crippen LogP contribution in [0.5, 0.6) is 0 Å². The Labute approximate surface area is 131 Å². The Morgan fingerprint density at radius 2 is 1.95 bits per heavy atom. The van der Waals surface area contributed by atoms with Gasteiger partial charge in [-0.25, -0.2) is 9.97 Å². The van der Waals surface area contributed by atoms with Crippen LogP contribution in [0.25, 0.3) is 0 Å². The molecule has 0 saturated carbocycles. The van der Waals surface area contributed by atoms with Crippen LogP contribution in [-0.2, 0) is 0 Å². The van der Waals surface area contributed by atoms with Gasteiger partial charge in [0.15, 0.2) is 0 Å². The number of amides is 1. The average Bonchev–Trinajstić information content (AvgIpc) is 2.45. The second-order valence-corrected chi connectivity index (χ2v) is 4.98. The fraction of sp³-hybridized carbons (Fsp3) is 0. The molecule has 0 aliphatic carbocycles. The quantitative estimate of drug-likeness (QED) is 0.485. The molecule has 0 unspecified atom stereocenters. The van der Waals surface area contributed by atoms with E-state index in [1.807, 2.05) is 0 Å². The summed E-state index contributed by atoms with van der Waals surface area (Å²) in [6.07, 6.45) is 1.05. The number of anilines is 1. The summed E-state index contributed by atoms with van der Waals surface area (Å²) in [6.45, 7) is 0. The number of hydrogen-bond acceptors (Lipinski definition) is 6. The van der Waals surface area contributed by atoms with Crippen LogP contribution in [0.4, 0.5) is 11.5 Å². The average molecular weight is 373 g/mol. The molecule has 10 heteroatoms. The van der Waals surface area contributed by atoms with Gasteiger partial charge in [0.05, 0.1) is 4.92 Å². The minimum absolute atomic E-state index is 0.203. The maximum atomic E-state index is 11.9. The van der Waals surface area contributed by atoms with Crippen LogP contribution >= 0.6 is 27.5 Å². The van der Waals surface area contributed by atoms with Crippen molar-refractivity contribution in [3.8, 4) is 0 Å². The van der Waals surface area contributed by atoms with E-state index in [0.29, 0.717) is 5.56 Å². The van der Waals surface area contributed by atoms with Crippen molar-refractivity contribution in [1.29, 1.82) is 0 Å². The highest BCUT2D eigenvalue weighted by atomic mass is 79.9. The zero-order valence-electron chi connectivity index (χ0n) is 10.2. The van der Waals surface area contributed by atoms with Crippen LogP contribution < -0.4 is 10.9 Å². The molecule has 0 aliphatic rings. The second-order valence-electron chi connectivity index (χ2n) is 3.70. The number of nitrogens with one attached hydrogen (secondary N) is 2. The third kappa shape index (κ3) is 3.64. The van der Waals surface area contributed by atoms with E-state index in [2.05, 4.69) is 36.7 Å². The fourth-order valence-electron chi connectivity index (χ4n) is 1.40. The summed E-state index contributed by atoms with van der Waals surface area (Å²) < 4.78 is 0.824. The van der Waals surface area contributed by atoms with Crippen LogP contribution in [0.3, 0.4) is 0 Å². The molecule has 0 saturated heterocycles. The first-order valence-corrected chi connectivity index (χ1v) is 6.63. The van der Waals surface area contributed by atoms with Crippen LogP contribution in [0.1, 0.15) is 10.4 Å². The molecule has 0 spiro atoms. The van der Waals surface area contributed by atoms with Crippen molar-refractivity contribution in [2.75, 3.05) is 5.43 Å². The van der Waals surface area contributed by atoms with Gasteiger partial charge in [0.1, 0.15) is 6.33 Å². The van der Waals surface area contributed by atoms with Crippen LogP contribution in [-0.4, -0.2) is 20.8 Å². The summed E-state index contributed by atoms with van der Waals surface area (Å²) >= 11 is 8.87. The van der Waals surface area contributed by atoms with Gasteiger partial charge in [-0.2, -0.15) is 0 Å². The van der Waals surface area contributed by atoms with Gasteiger partial charge in [-0.3, -0.25) is 25.8 Å². The summed E-state index contributed by atoms with van der Waals surface area (Å²) in [6, 6.07) is 6.56. The van der Waals surface area contributed by atoms with Crippen LogP contribution in [0.2, 0.25) is 5.15 Å². The van der Waals surface area contributed by atoms with Gasteiger partial charge in [0.25, 0.3) is 5.91 Å². The molecule has 1 aromatic carbocycles. The van der Waals surface area contributed by atoms with Gasteiger partial charge < -0.3 is 0 Å². The fourth-order valence-corrected chi connectivity index (χ4v) is 1.87. The zero-order valence-corrected chi connectivity index (χ0v) is 12.6. The number of benzene rings is 1. The summed E-state index contributed by atoms with van der Waals surface area (Å²) in [5.74, 6) is -0.683. The lowest BCUT2D eigenvalue weighted by molar-refractivity contribution is -0.384. The van der Waals surface area contributed by atoms with Gasteiger partial charge in [-0.15, -0.1) is 0 Å². The Morgan fingerprint density at radius 1 is 1.29 bits per heavy atom. The predicted molar refractivity (Wildman–Crippen MR) is 78.9 cm³/mol. The van der Waals surface area contributed by atoms with E-state index >= 15 is 0 Å². The third-order valence-corrected chi connectivity index (χ3v) is 3.17. The molecule has 21 heavy (non-hydrogen) atoms. The van der Waals surface area contributed by atoms with Crippen molar-refractivity contribution in [2.24, 2.45) is 0 Å². The van der Waals surface area contributed by atoms with Gasteiger partial charge in [0.2, 0.25) is 11.0 Å². The lowest BCUT2D eigenvalue weighted by Gasteiger charge is -2.08. The highest BCUT2D eigenvalue weighted by Gasteiger charge is 2.21. The molecular formula is C11H7BrClN5O3. The molecule has 2 N–H and O–H groups in total. The van der Waals surface area contributed by atoms with Gasteiger partial charge in [-0.05, 0) is 24.3 Å². The van der Waals surface area contributed by atoms with Crippen molar-refractivity contribution in [2.45, 2.75) is 0 Å². The number of hydrogen-bond donors (Lipinski definition) is 2. The number of rotatable bonds is 4. The maximum absolute atomic E-state index is 11.9. The second kappa shape index (κ2) is 6.46. The van der Waals surface area contributed by atoms with Crippen molar-refractivity contribution < 1.29 is 9.72 Å². The minimum atomic E-state index is -0.740. The molecule has 0 fully saturated rings. The normalized spacial score (nSPS) is 10.0. The Balaban J connectivity index is 2.13. The molecule has 0 bridgehead atoms. The molecule has 2 aromatic rings. The van der Waals surface area contributed by atoms with E-state index in [4.69, 9.17) is 11.6 Å². The third-order valence-electron chi connectivity index (χ3n) is 2.36. The number of carbonyl (C=O) groups excluding carboxylic acids is 1. The van der Waals surface area contributed by atoms with Crippen LogP contribution in [0, 0.1) is 10.1 Å². The topological polar surface area (TPSA) is 110 Å². The van der Waals surface area contributed by atoms with Gasteiger partial charge in [-0.1, -0.05) is 27.5 Å². The van der Waals surface area contributed by atoms with E-state index in [0.717, 1.165) is 10.8 Å². The highest BCUT2D eigenvalue weighted by Crippen LogP contribution is 2.27. The number of aromatic nitrogens is 2. The Hall–Kier alpha value is -2.26. The number of hydrazine groups is 1. The lowest BCUT2D eigenvalue weighted by atomic mass is 10.2. The summed E-state index contributed by atoms with van der Waals surface area (Å²) in [4.78, 5) is 29.2. The number of halogens is 2. The van der Waals surface area contributed by atoms with E-state index in [1.54, 1.807) is 24.3 Å². The van der Waals surface area contributed by atoms with Crippen molar-refractivity contribution in [3.63, 3.8) is 0 Å². The smallest absolute Gasteiger partial charge is 0.276 e. The van der Waals surface area contributed by atoms with E-state index in [-0.39, 0.29) is 11.0 Å². The summed E-state index contributed by atoms with van der Waals surface area (Å²) in [5, 5.41) is 10.6. The first-order valence-electron chi connectivity index (χ1n) is 5.46. The van der Waals surface area contributed by atoms with Gasteiger partial charge >= 0.3 is 5.69 Å². The molecular weight excluding hydrogens is 366 g/mol. The molecule has 0 radical (unpaired) electrons. The standard InChI is InChI=1S/C11H7BrClN5O3/c12-7-3-1-6(2-4-7)11(19)17-16-10-8(18(20)21)9(13)14-5-15-10/h1-5H,(H,17,19)(H,14,15,16). The van der Waals surface area contributed by atoms with Crippen molar-refractivity contribution >= 4 is 44.9 Å². The van der Waals surface area contributed by atoms with Crippen LogP contribution in [0.15, 0.2) is 35.1 Å².